The van der Waals surface area contributed by atoms with Crippen molar-refractivity contribution in [2.45, 2.75) is 32.4 Å². The summed E-state index contributed by atoms with van der Waals surface area (Å²) in [4.78, 5) is 0. The van der Waals surface area contributed by atoms with Crippen LogP contribution in [0.5, 0.6) is 0 Å². The van der Waals surface area contributed by atoms with Gasteiger partial charge in [-0.2, -0.15) is 0 Å². The Labute approximate surface area is 78.0 Å². The number of ether oxygens (including phenoxy) is 1. The van der Waals surface area contributed by atoms with E-state index in [1.165, 1.54) is 0 Å². The Morgan fingerprint density at radius 2 is 2.46 bits per heavy atom. The fourth-order valence-corrected chi connectivity index (χ4v) is 0.803. The van der Waals surface area contributed by atoms with Crippen LogP contribution in [0.2, 0.25) is 0 Å². The zero-order chi connectivity index (χ0) is 9.73. The van der Waals surface area contributed by atoms with E-state index in [1.54, 1.807) is 12.3 Å². The van der Waals surface area contributed by atoms with Crippen LogP contribution in [0, 0.1) is 0 Å². The topological polar surface area (TPSA) is 61.3 Å². The summed E-state index contributed by atoms with van der Waals surface area (Å²) in [5.41, 5.74) is 5.63. The van der Waals surface area contributed by atoms with Gasteiger partial charge in [-0.1, -0.05) is 12.1 Å². The van der Waals surface area contributed by atoms with Crippen LogP contribution in [0.1, 0.15) is 26.0 Å². The summed E-state index contributed by atoms with van der Waals surface area (Å²) in [5.74, 6) is 0.729. The van der Waals surface area contributed by atoms with Crippen molar-refractivity contribution in [1.29, 1.82) is 0 Å². The first-order valence-electron chi connectivity index (χ1n) is 4.40. The zero-order valence-corrected chi connectivity index (χ0v) is 8.12. The molecule has 1 heterocycles. The highest BCUT2D eigenvalue weighted by molar-refractivity contribution is 4.90. The number of nitrogens with two attached hydrogens (primary N) is 1. The van der Waals surface area contributed by atoms with Crippen molar-refractivity contribution < 1.29 is 9.26 Å². The van der Waals surface area contributed by atoms with Crippen LogP contribution in [0.3, 0.4) is 0 Å². The van der Waals surface area contributed by atoms with Gasteiger partial charge < -0.3 is 15.0 Å². The highest BCUT2D eigenvalue weighted by Gasteiger charge is 2.15. The standard InChI is InChI=1S/C9H16N2O2/c1-3-9(2,10)7-12-6-8-4-5-11-13-8/h4-5H,3,6-7,10H2,1-2H3. The Balaban J connectivity index is 2.21. The fourth-order valence-electron chi connectivity index (χ4n) is 0.803. The SMILES string of the molecule is CCC(C)(N)COCc1ccno1. The quantitative estimate of drug-likeness (QED) is 0.749. The van der Waals surface area contributed by atoms with Gasteiger partial charge in [-0.05, 0) is 13.3 Å². The third kappa shape index (κ3) is 3.57. The minimum Gasteiger partial charge on any atom is -0.371 e. The molecule has 0 spiro atoms. The maximum Gasteiger partial charge on any atom is 0.162 e. The van der Waals surface area contributed by atoms with Gasteiger partial charge in [0.15, 0.2) is 5.76 Å². The van der Waals surface area contributed by atoms with E-state index in [0.717, 1.165) is 12.2 Å². The number of hydrogen-bond donors (Lipinski definition) is 1. The van der Waals surface area contributed by atoms with E-state index in [1.807, 2.05) is 13.8 Å². The van der Waals surface area contributed by atoms with Crippen LogP contribution < -0.4 is 5.73 Å². The summed E-state index contributed by atoms with van der Waals surface area (Å²) >= 11 is 0. The molecule has 0 saturated carbocycles. The minimum absolute atomic E-state index is 0.250. The summed E-state index contributed by atoms with van der Waals surface area (Å²) in [6.07, 6.45) is 2.49. The lowest BCUT2D eigenvalue weighted by Gasteiger charge is -2.21. The normalized spacial score (nSPS) is 15.6. The van der Waals surface area contributed by atoms with E-state index >= 15 is 0 Å². The average molecular weight is 184 g/mol. The van der Waals surface area contributed by atoms with E-state index in [4.69, 9.17) is 15.0 Å². The first kappa shape index (κ1) is 10.2. The molecule has 0 aliphatic carbocycles. The maximum atomic E-state index is 5.88. The van der Waals surface area contributed by atoms with E-state index in [0.29, 0.717) is 13.2 Å². The molecule has 0 aromatic carbocycles. The first-order valence-corrected chi connectivity index (χ1v) is 4.40. The fraction of sp³-hybridized carbons (Fsp3) is 0.667. The molecule has 1 aromatic heterocycles. The zero-order valence-electron chi connectivity index (χ0n) is 8.12. The van der Waals surface area contributed by atoms with Gasteiger partial charge >= 0.3 is 0 Å². The lowest BCUT2D eigenvalue weighted by molar-refractivity contribution is 0.0638. The van der Waals surface area contributed by atoms with Gasteiger partial charge in [-0.15, -0.1) is 0 Å². The molecule has 74 valence electrons. The monoisotopic (exact) mass is 184 g/mol. The van der Waals surface area contributed by atoms with Crippen LogP contribution >= 0.6 is 0 Å². The third-order valence-electron chi connectivity index (χ3n) is 1.98. The molecule has 0 amide bonds. The summed E-state index contributed by atoms with van der Waals surface area (Å²) in [7, 11) is 0. The van der Waals surface area contributed by atoms with Crippen molar-refractivity contribution in [2.24, 2.45) is 5.73 Å². The van der Waals surface area contributed by atoms with Gasteiger partial charge in [0.25, 0.3) is 0 Å². The molecule has 13 heavy (non-hydrogen) atoms. The molecule has 0 aliphatic heterocycles. The minimum atomic E-state index is -0.250. The molecule has 1 aromatic rings. The molecule has 4 nitrogen and oxygen atoms in total. The van der Waals surface area contributed by atoms with Gasteiger partial charge in [0.1, 0.15) is 6.61 Å². The van der Waals surface area contributed by atoms with Crippen LogP contribution in [0.25, 0.3) is 0 Å². The van der Waals surface area contributed by atoms with Crippen molar-refractivity contribution in [1.82, 2.24) is 5.16 Å². The molecule has 0 bridgehead atoms. The lowest BCUT2D eigenvalue weighted by atomic mass is 10.0. The Kier molecular flexibility index (Phi) is 3.45. The van der Waals surface area contributed by atoms with Crippen LogP contribution in [0.15, 0.2) is 16.8 Å². The summed E-state index contributed by atoms with van der Waals surface area (Å²) < 4.78 is 10.2. The molecular formula is C9H16N2O2. The number of hydrogen-bond acceptors (Lipinski definition) is 4. The smallest absolute Gasteiger partial charge is 0.162 e. The number of nitrogens with zero attached hydrogens (tertiary/aromatic N) is 1. The molecule has 0 saturated heterocycles. The predicted octanol–water partition coefficient (Wildman–Crippen LogP) is 1.32. The Morgan fingerprint density at radius 3 is 3.00 bits per heavy atom. The second-order valence-electron chi connectivity index (χ2n) is 3.48. The number of rotatable bonds is 5. The largest absolute Gasteiger partial charge is 0.371 e. The molecule has 1 rings (SSSR count). The van der Waals surface area contributed by atoms with Crippen molar-refractivity contribution in [3.63, 3.8) is 0 Å². The predicted molar refractivity (Wildman–Crippen MR) is 49.0 cm³/mol. The second kappa shape index (κ2) is 4.39. The summed E-state index contributed by atoms with van der Waals surface area (Å²) in [6.45, 7) is 4.97. The molecule has 0 fully saturated rings. The molecule has 0 radical (unpaired) electrons. The molecule has 4 heteroatoms. The third-order valence-corrected chi connectivity index (χ3v) is 1.98. The average Bonchev–Trinajstić information content (AvgIpc) is 2.57. The maximum absolute atomic E-state index is 5.88. The highest BCUT2D eigenvalue weighted by atomic mass is 16.5. The highest BCUT2D eigenvalue weighted by Crippen LogP contribution is 2.07. The van der Waals surface area contributed by atoms with Gasteiger partial charge in [0.05, 0.1) is 12.8 Å². The van der Waals surface area contributed by atoms with Crippen LogP contribution in [-0.4, -0.2) is 17.3 Å². The van der Waals surface area contributed by atoms with Gasteiger partial charge in [0.2, 0.25) is 0 Å². The van der Waals surface area contributed by atoms with E-state index in [2.05, 4.69) is 5.16 Å². The van der Waals surface area contributed by atoms with Crippen LogP contribution in [-0.2, 0) is 11.3 Å². The van der Waals surface area contributed by atoms with Gasteiger partial charge in [-0.3, -0.25) is 0 Å². The van der Waals surface area contributed by atoms with Gasteiger partial charge in [0, 0.05) is 11.6 Å². The van der Waals surface area contributed by atoms with Gasteiger partial charge in [-0.25, -0.2) is 0 Å². The molecule has 2 N–H and O–H groups in total. The van der Waals surface area contributed by atoms with Crippen LogP contribution in [0.4, 0.5) is 0 Å². The Bertz CT molecular complexity index is 232. The summed E-state index contributed by atoms with van der Waals surface area (Å²) in [6, 6.07) is 1.78. The van der Waals surface area contributed by atoms with Crippen molar-refractivity contribution in [2.75, 3.05) is 6.61 Å². The lowest BCUT2D eigenvalue weighted by Crippen LogP contribution is -2.40. The van der Waals surface area contributed by atoms with Crippen molar-refractivity contribution in [3.8, 4) is 0 Å². The van der Waals surface area contributed by atoms with E-state index < -0.39 is 0 Å². The van der Waals surface area contributed by atoms with Crippen molar-refractivity contribution >= 4 is 0 Å². The molecule has 1 unspecified atom stereocenters. The van der Waals surface area contributed by atoms with Crippen molar-refractivity contribution in [3.05, 3.63) is 18.0 Å². The molecule has 0 aliphatic rings. The second-order valence-corrected chi connectivity index (χ2v) is 3.48. The first-order chi connectivity index (χ1) is 6.14. The molecule has 1 atom stereocenters. The van der Waals surface area contributed by atoms with E-state index in [-0.39, 0.29) is 5.54 Å². The Hall–Kier alpha value is -0.870. The number of aromatic nitrogens is 1. The summed E-state index contributed by atoms with van der Waals surface area (Å²) in [5, 5.41) is 3.57. The van der Waals surface area contributed by atoms with E-state index in [9.17, 15) is 0 Å². The molecular weight excluding hydrogens is 168 g/mol. The Morgan fingerprint density at radius 1 is 1.69 bits per heavy atom.